The molecule has 4 saturated carbocycles. The quantitative estimate of drug-likeness (QED) is 0.0647. The lowest BCUT2D eigenvalue weighted by Crippen LogP contribution is -2.50. The van der Waals surface area contributed by atoms with Gasteiger partial charge in [0.15, 0.2) is 24.7 Å². The van der Waals surface area contributed by atoms with Crippen molar-refractivity contribution < 1.29 is 28.6 Å². The molecule has 0 heterocycles. The number of unbranched alkanes of at least 4 members (excludes halogenated alkanes) is 13. The number of nitrogens with zero attached hydrogens (tertiary/aromatic N) is 2. The number of ether oxygens (including phenoxy) is 3. The number of hydrogen-bond acceptors (Lipinski definition) is 6. The molecule has 4 aliphatic carbocycles. The zero-order chi connectivity index (χ0) is 42.9. The van der Waals surface area contributed by atoms with Gasteiger partial charge in [0.05, 0.1) is 13.0 Å². The van der Waals surface area contributed by atoms with Gasteiger partial charge in [-0.3, -0.25) is 14.4 Å². The van der Waals surface area contributed by atoms with E-state index in [1.165, 1.54) is 161 Å². The third-order valence-corrected chi connectivity index (χ3v) is 14.9. The summed E-state index contributed by atoms with van der Waals surface area (Å²) in [5.41, 5.74) is 0.810. The molecule has 0 spiro atoms. The van der Waals surface area contributed by atoms with Crippen LogP contribution in [0, 0.1) is 0 Å². The molecule has 1 unspecified atom stereocenters. The summed E-state index contributed by atoms with van der Waals surface area (Å²) >= 11 is 0. The van der Waals surface area contributed by atoms with Gasteiger partial charge in [-0.2, -0.15) is 0 Å². The van der Waals surface area contributed by atoms with E-state index in [0.717, 1.165) is 69.8 Å². The van der Waals surface area contributed by atoms with Crippen LogP contribution < -0.4 is 9.47 Å². The third-order valence-electron chi connectivity index (χ3n) is 14.9. The molecule has 1 atom stereocenters. The summed E-state index contributed by atoms with van der Waals surface area (Å²) in [5.74, 6) is 0.290. The average Bonchev–Trinajstić information content (AvgIpc) is 3.30. The van der Waals surface area contributed by atoms with Crippen LogP contribution in [0.4, 0.5) is 0 Å². The molecule has 8 nitrogen and oxygen atoms in total. The Labute approximate surface area is 372 Å². The summed E-state index contributed by atoms with van der Waals surface area (Å²) in [6.45, 7) is 2.13. The Hall–Kier alpha value is -2.77. The summed E-state index contributed by atoms with van der Waals surface area (Å²) in [4.78, 5) is 46.2. The van der Waals surface area contributed by atoms with Gasteiger partial charge in [0.1, 0.15) is 0 Å². The number of amides is 2. The monoisotopic (exact) mass is 849 g/mol. The zero-order valence-corrected chi connectivity index (χ0v) is 39.1. The van der Waals surface area contributed by atoms with Crippen LogP contribution in [-0.2, 0) is 19.1 Å². The van der Waals surface area contributed by atoms with Gasteiger partial charge < -0.3 is 24.0 Å². The maximum atomic E-state index is 14.3. The molecule has 0 radical (unpaired) electrons. The number of rotatable bonds is 27. The fourth-order valence-corrected chi connectivity index (χ4v) is 11.4. The molecule has 2 amide bonds. The van der Waals surface area contributed by atoms with Crippen molar-refractivity contribution in [2.24, 2.45) is 0 Å². The Morgan fingerprint density at radius 2 is 0.869 bits per heavy atom. The minimum Gasteiger partial charge on any atom is -0.480 e. The van der Waals surface area contributed by atoms with Gasteiger partial charge in [-0.15, -0.1) is 0 Å². The normalized spacial score (nSPS) is 19.0. The molecule has 0 bridgehead atoms. The van der Waals surface area contributed by atoms with Crippen LogP contribution in [0.15, 0.2) is 18.2 Å². The van der Waals surface area contributed by atoms with Gasteiger partial charge in [0, 0.05) is 24.2 Å². The molecule has 346 valence electrons. The van der Waals surface area contributed by atoms with Crippen LogP contribution >= 0.6 is 0 Å². The Morgan fingerprint density at radius 3 is 1.25 bits per heavy atom. The van der Waals surface area contributed by atoms with Crippen molar-refractivity contribution in [2.75, 3.05) is 20.3 Å². The van der Waals surface area contributed by atoms with Crippen LogP contribution in [-0.4, -0.2) is 72.1 Å². The van der Waals surface area contributed by atoms with Crippen molar-refractivity contribution in [2.45, 2.75) is 262 Å². The molecule has 0 N–H and O–H groups in total. The van der Waals surface area contributed by atoms with Crippen LogP contribution in [0.2, 0.25) is 0 Å². The first kappa shape index (κ1) is 49.2. The van der Waals surface area contributed by atoms with Crippen molar-refractivity contribution in [1.82, 2.24) is 9.80 Å². The topological polar surface area (TPSA) is 85.4 Å². The predicted molar refractivity (Wildman–Crippen MR) is 248 cm³/mol. The molecule has 8 heteroatoms. The second-order valence-electron chi connectivity index (χ2n) is 19.5. The second-order valence-corrected chi connectivity index (χ2v) is 19.5. The minimum absolute atomic E-state index is 0.0407. The summed E-state index contributed by atoms with van der Waals surface area (Å²) < 4.78 is 18.3. The molecule has 61 heavy (non-hydrogen) atoms. The first-order valence-corrected chi connectivity index (χ1v) is 26.1. The van der Waals surface area contributed by atoms with E-state index in [4.69, 9.17) is 14.2 Å². The highest BCUT2D eigenvalue weighted by atomic mass is 16.5. The van der Waals surface area contributed by atoms with E-state index in [1.807, 2.05) is 18.2 Å². The minimum atomic E-state index is -0.440. The molecule has 0 saturated heterocycles. The number of carbonyl (C=O) groups excluding carboxylic acids is 3. The van der Waals surface area contributed by atoms with Crippen molar-refractivity contribution in [1.29, 1.82) is 0 Å². The zero-order valence-electron chi connectivity index (χ0n) is 39.1. The Kier molecular flexibility index (Phi) is 23.3. The Bertz CT molecular complexity index is 1340. The van der Waals surface area contributed by atoms with Crippen LogP contribution in [0.5, 0.6) is 11.5 Å². The van der Waals surface area contributed by atoms with Gasteiger partial charge in [-0.25, -0.2) is 0 Å². The van der Waals surface area contributed by atoms with Gasteiger partial charge in [-0.05, 0) is 75.5 Å². The molecule has 1 aromatic carbocycles. The first-order chi connectivity index (χ1) is 30.0. The SMILES string of the molecule is CCCCCCCCCCCCCCCCC(C(=O)OC)c1ccc(OCC(=O)N(C2CCCCC2)C2CCCCC2)c(OCC(=O)N(C2CCCCC2)C2CCCCC2)c1. The fraction of sp³-hybridized carbons (Fsp3) is 0.830. The fourth-order valence-electron chi connectivity index (χ4n) is 11.4. The van der Waals surface area contributed by atoms with Crippen molar-refractivity contribution in [3.8, 4) is 11.5 Å². The Balaban J connectivity index is 1.24. The van der Waals surface area contributed by atoms with E-state index >= 15 is 0 Å². The van der Waals surface area contributed by atoms with Crippen LogP contribution in [0.3, 0.4) is 0 Å². The summed E-state index contributed by atoms with van der Waals surface area (Å²) in [7, 11) is 1.47. The van der Waals surface area contributed by atoms with E-state index in [0.29, 0.717) is 17.9 Å². The Morgan fingerprint density at radius 1 is 0.508 bits per heavy atom. The van der Waals surface area contributed by atoms with Gasteiger partial charge in [-0.1, -0.05) is 180 Å². The molecule has 4 fully saturated rings. The number of benzene rings is 1. The highest BCUT2D eigenvalue weighted by Gasteiger charge is 2.35. The van der Waals surface area contributed by atoms with Crippen LogP contribution in [0.25, 0.3) is 0 Å². The van der Waals surface area contributed by atoms with E-state index in [1.54, 1.807) is 0 Å². The van der Waals surface area contributed by atoms with E-state index in [9.17, 15) is 14.4 Å². The standard InChI is InChI=1S/C53H88N2O6/c1-3-4-5-6-7-8-9-10-11-12-13-14-15-28-37-48(53(58)59-2)43-38-39-49(60-41-51(56)54(44-29-20-16-21-30-44)45-31-22-17-23-32-45)50(40-43)61-42-52(57)55(46-33-24-18-25-34-46)47-35-26-19-27-36-47/h38-40,44-48H,3-37,41-42H2,1-2H3. The average molecular weight is 849 g/mol. The summed E-state index contributed by atoms with van der Waals surface area (Å²) in [5, 5.41) is 0. The molecule has 4 aliphatic rings. The lowest BCUT2D eigenvalue weighted by Gasteiger charge is -2.42. The molecular weight excluding hydrogens is 761 g/mol. The maximum absolute atomic E-state index is 14.3. The van der Waals surface area contributed by atoms with Gasteiger partial charge in [0.2, 0.25) is 0 Å². The smallest absolute Gasteiger partial charge is 0.313 e. The highest BCUT2D eigenvalue weighted by molar-refractivity contribution is 5.80. The molecule has 1 aromatic rings. The van der Waals surface area contributed by atoms with E-state index in [2.05, 4.69) is 16.7 Å². The molecule has 5 rings (SSSR count). The maximum Gasteiger partial charge on any atom is 0.313 e. The van der Waals surface area contributed by atoms with E-state index in [-0.39, 0.29) is 55.2 Å². The van der Waals surface area contributed by atoms with Gasteiger partial charge >= 0.3 is 5.97 Å². The lowest BCUT2D eigenvalue weighted by molar-refractivity contribution is -0.143. The second kappa shape index (κ2) is 28.8. The summed E-state index contributed by atoms with van der Waals surface area (Å²) in [6, 6.07) is 6.80. The van der Waals surface area contributed by atoms with Crippen molar-refractivity contribution in [3.05, 3.63) is 23.8 Å². The lowest BCUT2D eigenvalue weighted by atomic mass is 9.88. The third kappa shape index (κ3) is 16.7. The van der Waals surface area contributed by atoms with Crippen LogP contribution in [0.1, 0.15) is 243 Å². The largest absolute Gasteiger partial charge is 0.480 e. The van der Waals surface area contributed by atoms with Crippen molar-refractivity contribution in [3.63, 3.8) is 0 Å². The molecule has 0 aliphatic heterocycles. The number of esters is 1. The van der Waals surface area contributed by atoms with E-state index < -0.39 is 5.92 Å². The molecular formula is C53H88N2O6. The number of hydrogen-bond donors (Lipinski definition) is 0. The highest BCUT2D eigenvalue weighted by Crippen LogP contribution is 2.36. The predicted octanol–water partition coefficient (Wildman–Crippen LogP) is 13.6. The van der Waals surface area contributed by atoms with Gasteiger partial charge in [0.25, 0.3) is 11.8 Å². The number of methoxy groups -OCH3 is 1. The van der Waals surface area contributed by atoms with Crippen molar-refractivity contribution >= 4 is 17.8 Å². The first-order valence-electron chi connectivity index (χ1n) is 26.1. The molecule has 0 aromatic heterocycles. The number of carbonyl (C=O) groups is 3. The summed E-state index contributed by atoms with van der Waals surface area (Å²) in [6.07, 6.45) is 41.6.